The summed E-state index contributed by atoms with van der Waals surface area (Å²) in [5.41, 5.74) is 0. The average molecular weight is 189 g/mol. The highest BCUT2D eigenvalue weighted by atomic mass is 19.3. The Morgan fingerprint density at radius 3 is 2.00 bits per heavy atom. The molecular formula is C7H10F5. The normalized spacial score (nSPS) is 17.5. The summed E-state index contributed by atoms with van der Waals surface area (Å²) in [6.45, 7) is 1.29. The molecule has 0 N–H and O–H groups in total. The minimum Gasteiger partial charge on any atom is -0.248 e. The third kappa shape index (κ3) is 3.88. The lowest BCUT2D eigenvalue weighted by Crippen LogP contribution is -2.28. The van der Waals surface area contributed by atoms with Crippen molar-refractivity contribution in [2.24, 2.45) is 0 Å². The zero-order chi connectivity index (χ0) is 9.78. The van der Waals surface area contributed by atoms with Crippen LogP contribution in [0.4, 0.5) is 22.0 Å². The van der Waals surface area contributed by atoms with E-state index in [4.69, 9.17) is 0 Å². The van der Waals surface area contributed by atoms with E-state index in [2.05, 4.69) is 6.92 Å². The Morgan fingerprint density at radius 1 is 1.17 bits per heavy atom. The molecule has 0 aliphatic rings. The van der Waals surface area contributed by atoms with Crippen molar-refractivity contribution in [3.63, 3.8) is 0 Å². The molecule has 0 aliphatic heterocycles. The second kappa shape index (κ2) is 4.62. The Balaban J connectivity index is 3.90. The first kappa shape index (κ1) is 11.6. The van der Waals surface area contributed by atoms with Crippen LogP contribution in [0.5, 0.6) is 0 Å². The Kier molecular flexibility index (Phi) is 4.49. The molecular weight excluding hydrogens is 179 g/mol. The van der Waals surface area contributed by atoms with Crippen LogP contribution in [0.3, 0.4) is 0 Å². The highest BCUT2D eigenvalue weighted by Gasteiger charge is 2.34. The third-order valence-electron chi connectivity index (χ3n) is 1.40. The van der Waals surface area contributed by atoms with E-state index in [9.17, 15) is 22.0 Å². The van der Waals surface area contributed by atoms with E-state index < -0.39 is 37.8 Å². The number of halogens is 5. The van der Waals surface area contributed by atoms with E-state index in [1.807, 2.05) is 0 Å². The first-order chi connectivity index (χ1) is 5.43. The Bertz CT molecular complexity index is 125. The van der Waals surface area contributed by atoms with Gasteiger partial charge in [0.05, 0.1) is 0 Å². The van der Waals surface area contributed by atoms with E-state index in [1.165, 1.54) is 0 Å². The van der Waals surface area contributed by atoms with Crippen molar-refractivity contribution in [2.45, 2.75) is 31.1 Å². The highest BCUT2D eigenvalue weighted by molar-refractivity contribution is 4.77. The zero-order valence-corrected chi connectivity index (χ0v) is 6.37. The molecule has 2 atom stereocenters. The fourth-order valence-electron chi connectivity index (χ4n) is 0.612. The average Bonchev–Trinajstić information content (AvgIpc) is 2.02. The molecule has 0 amide bonds. The molecule has 1 radical (unpaired) electrons. The lowest BCUT2D eigenvalue weighted by molar-refractivity contribution is -0.0407. The van der Waals surface area contributed by atoms with E-state index >= 15 is 0 Å². The summed E-state index contributed by atoms with van der Waals surface area (Å²) in [7, 11) is 0. The molecule has 12 heavy (non-hydrogen) atoms. The van der Waals surface area contributed by atoms with Gasteiger partial charge in [0.25, 0.3) is 5.92 Å². The Labute approximate surface area is 67.8 Å². The summed E-state index contributed by atoms with van der Waals surface area (Å²) >= 11 is 0. The maximum Gasteiger partial charge on any atom is 0.251 e. The van der Waals surface area contributed by atoms with Crippen LogP contribution in [-0.4, -0.2) is 24.9 Å². The lowest BCUT2D eigenvalue weighted by atomic mass is 10.1. The van der Waals surface area contributed by atoms with Gasteiger partial charge in [-0.1, -0.05) is 0 Å². The molecule has 0 aromatic rings. The van der Waals surface area contributed by atoms with Crippen molar-refractivity contribution >= 4 is 0 Å². The smallest absolute Gasteiger partial charge is 0.248 e. The van der Waals surface area contributed by atoms with Gasteiger partial charge in [-0.2, -0.15) is 0 Å². The Morgan fingerprint density at radius 2 is 1.67 bits per heavy atom. The maximum absolute atomic E-state index is 12.4. The molecule has 0 nitrogen and oxygen atoms in total. The van der Waals surface area contributed by atoms with Crippen LogP contribution in [-0.2, 0) is 0 Å². The molecule has 1 unspecified atom stereocenters. The first-order valence-corrected chi connectivity index (χ1v) is 3.44. The van der Waals surface area contributed by atoms with E-state index in [-0.39, 0.29) is 0 Å². The second-order valence-corrected chi connectivity index (χ2v) is 2.50. The van der Waals surface area contributed by atoms with Crippen molar-refractivity contribution in [3.8, 4) is 0 Å². The number of hydrogen-bond acceptors (Lipinski definition) is 0. The highest BCUT2D eigenvalue weighted by Crippen LogP contribution is 2.27. The molecule has 0 saturated heterocycles. The van der Waals surface area contributed by atoms with Crippen LogP contribution >= 0.6 is 0 Å². The standard InChI is InChI=1S/C7H10F5/c1-2-7(11,12)3-5(9)6(10)4-8/h5-6H,1-4H2/t5?,6-/m0/s1. The van der Waals surface area contributed by atoms with Crippen molar-refractivity contribution in [1.29, 1.82) is 0 Å². The first-order valence-electron chi connectivity index (χ1n) is 3.44. The van der Waals surface area contributed by atoms with Crippen LogP contribution in [0.2, 0.25) is 0 Å². The van der Waals surface area contributed by atoms with Gasteiger partial charge < -0.3 is 0 Å². The molecule has 0 spiro atoms. The molecule has 5 heteroatoms. The molecule has 0 bridgehead atoms. The summed E-state index contributed by atoms with van der Waals surface area (Å²) < 4.78 is 60.5. The van der Waals surface area contributed by atoms with E-state index in [0.29, 0.717) is 0 Å². The van der Waals surface area contributed by atoms with Gasteiger partial charge in [-0.25, -0.2) is 22.0 Å². The Hall–Kier alpha value is -0.350. The van der Waals surface area contributed by atoms with Gasteiger partial charge in [0, 0.05) is 12.8 Å². The van der Waals surface area contributed by atoms with Crippen molar-refractivity contribution in [3.05, 3.63) is 6.92 Å². The van der Waals surface area contributed by atoms with Gasteiger partial charge >= 0.3 is 0 Å². The predicted molar refractivity (Wildman–Crippen MR) is 35.3 cm³/mol. The monoisotopic (exact) mass is 189 g/mol. The maximum atomic E-state index is 12.4. The fourth-order valence-corrected chi connectivity index (χ4v) is 0.612. The topological polar surface area (TPSA) is 0 Å². The van der Waals surface area contributed by atoms with Gasteiger partial charge in [0.2, 0.25) is 0 Å². The minimum atomic E-state index is -3.35. The van der Waals surface area contributed by atoms with Gasteiger partial charge in [-0.15, -0.1) is 0 Å². The van der Waals surface area contributed by atoms with Crippen molar-refractivity contribution in [2.75, 3.05) is 6.67 Å². The summed E-state index contributed by atoms with van der Waals surface area (Å²) in [4.78, 5) is 0. The van der Waals surface area contributed by atoms with Crippen LogP contribution in [0.15, 0.2) is 0 Å². The van der Waals surface area contributed by atoms with Crippen LogP contribution in [0.1, 0.15) is 12.8 Å². The summed E-state index contributed by atoms with van der Waals surface area (Å²) in [5.74, 6) is -3.35. The summed E-state index contributed by atoms with van der Waals surface area (Å²) in [5, 5.41) is 0. The van der Waals surface area contributed by atoms with Crippen LogP contribution in [0, 0.1) is 6.92 Å². The molecule has 0 aromatic carbocycles. The largest absolute Gasteiger partial charge is 0.251 e. The third-order valence-corrected chi connectivity index (χ3v) is 1.40. The number of alkyl halides is 5. The van der Waals surface area contributed by atoms with Crippen molar-refractivity contribution in [1.82, 2.24) is 0 Å². The zero-order valence-electron chi connectivity index (χ0n) is 6.37. The number of rotatable bonds is 5. The molecule has 0 heterocycles. The molecule has 0 fully saturated rings. The van der Waals surface area contributed by atoms with Crippen LogP contribution < -0.4 is 0 Å². The molecule has 73 valence electrons. The number of hydrogen-bond donors (Lipinski definition) is 0. The van der Waals surface area contributed by atoms with Gasteiger partial charge in [0.1, 0.15) is 12.8 Å². The molecule has 0 aromatic heterocycles. The van der Waals surface area contributed by atoms with Crippen LogP contribution in [0.25, 0.3) is 0 Å². The lowest BCUT2D eigenvalue weighted by Gasteiger charge is -2.17. The molecule has 0 rings (SSSR count). The quantitative estimate of drug-likeness (QED) is 0.583. The summed E-state index contributed by atoms with van der Waals surface area (Å²) in [6.07, 6.45) is -7.03. The fraction of sp³-hybridized carbons (Fsp3) is 0.857. The van der Waals surface area contributed by atoms with Gasteiger partial charge in [0.15, 0.2) is 6.17 Å². The van der Waals surface area contributed by atoms with Gasteiger partial charge in [-0.05, 0) is 6.92 Å². The summed E-state index contributed by atoms with van der Waals surface area (Å²) in [6, 6.07) is 0. The van der Waals surface area contributed by atoms with Gasteiger partial charge in [-0.3, -0.25) is 0 Å². The predicted octanol–water partition coefficient (Wildman–Crippen LogP) is 2.88. The van der Waals surface area contributed by atoms with E-state index in [1.54, 1.807) is 0 Å². The molecule has 0 saturated carbocycles. The minimum absolute atomic E-state index is 0.813. The van der Waals surface area contributed by atoms with Crippen molar-refractivity contribution < 1.29 is 22.0 Å². The second-order valence-electron chi connectivity index (χ2n) is 2.50. The molecule has 0 aliphatic carbocycles. The van der Waals surface area contributed by atoms with E-state index in [0.717, 1.165) is 0 Å². The SMILES string of the molecule is [CH2]CC(F)(F)CC(F)[C@@H](F)CF.